The summed E-state index contributed by atoms with van der Waals surface area (Å²) in [5.41, 5.74) is 0.198. The van der Waals surface area contributed by atoms with Crippen molar-refractivity contribution >= 4 is 11.9 Å². The van der Waals surface area contributed by atoms with Crippen LogP contribution in [0.5, 0.6) is 0 Å². The average molecular weight is 289 g/mol. The van der Waals surface area contributed by atoms with Gasteiger partial charge in [0, 0.05) is 11.3 Å². The lowest BCUT2D eigenvalue weighted by Crippen LogP contribution is -2.44. The first-order chi connectivity index (χ1) is 9.32. The van der Waals surface area contributed by atoms with Crippen LogP contribution in [0.2, 0.25) is 0 Å². The Hall–Kier alpha value is -1.18. The van der Waals surface area contributed by atoms with Gasteiger partial charge in [-0.1, -0.05) is 13.8 Å². The smallest absolute Gasteiger partial charge is 0.414 e. The van der Waals surface area contributed by atoms with E-state index in [0.29, 0.717) is 5.92 Å². The minimum Gasteiger partial charge on any atom is -0.473 e. The van der Waals surface area contributed by atoms with Crippen molar-refractivity contribution in [2.45, 2.75) is 33.0 Å². The summed E-state index contributed by atoms with van der Waals surface area (Å²) in [6, 6.07) is 0. The molecule has 7 nitrogen and oxygen atoms in total. The molecule has 116 valence electrons. The van der Waals surface area contributed by atoms with Crippen LogP contribution in [-0.4, -0.2) is 54.7 Å². The highest BCUT2D eigenvalue weighted by Gasteiger charge is 2.33. The molecule has 0 saturated carbocycles. The van der Waals surface area contributed by atoms with Gasteiger partial charge in [0.1, 0.15) is 0 Å². The van der Waals surface area contributed by atoms with Crippen LogP contribution < -0.4 is 5.32 Å². The lowest BCUT2D eigenvalue weighted by molar-refractivity contribution is -0.245. The van der Waals surface area contributed by atoms with E-state index in [1.54, 1.807) is 0 Å². The van der Waals surface area contributed by atoms with Gasteiger partial charge >= 0.3 is 11.9 Å². The number of carboxylic acid groups (broad SMARTS) is 2. The molecular weight excluding hydrogens is 266 g/mol. The SMILES string of the molecule is CC1(C)COC(C2CCNCC2)OC1.O=C(O)C(=O)O. The molecule has 2 aliphatic heterocycles. The molecule has 2 heterocycles. The molecule has 2 saturated heterocycles. The third-order valence-electron chi connectivity index (χ3n) is 3.23. The number of hydrogen-bond donors (Lipinski definition) is 3. The minimum atomic E-state index is -1.82. The summed E-state index contributed by atoms with van der Waals surface area (Å²) >= 11 is 0. The van der Waals surface area contributed by atoms with Crippen LogP contribution in [-0.2, 0) is 19.1 Å². The fourth-order valence-corrected chi connectivity index (χ4v) is 2.09. The highest BCUT2D eigenvalue weighted by molar-refractivity contribution is 6.27. The van der Waals surface area contributed by atoms with E-state index in [0.717, 1.165) is 26.3 Å². The zero-order valence-corrected chi connectivity index (χ0v) is 11.9. The number of carboxylic acids is 2. The molecule has 0 spiro atoms. The lowest BCUT2D eigenvalue weighted by atomic mass is 9.93. The number of carbonyl (C=O) groups is 2. The summed E-state index contributed by atoms with van der Waals surface area (Å²) in [5, 5.41) is 18.1. The Kier molecular flexibility index (Phi) is 6.38. The Labute approximate surface area is 118 Å². The number of nitrogens with one attached hydrogen (secondary N) is 1. The van der Waals surface area contributed by atoms with Gasteiger partial charge in [0.15, 0.2) is 6.29 Å². The zero-order chi connectivity index (χ0) is 15.2. The van der Waals surface area contributed by atoms with Crippen molar-refractivity contribution in [2.75, 3.05) is 26.3 Å². The number of aliphatic carboxylic acids is 2. The van der Waals surface area contributed by atoms with Crippen LogP contribution in [0.25, 0.3) is 0 Å². The van der Waals surface area contributed by atoms with Crippen molar-refractivity contribution in [3.05, 3.63) is 0 Å². The lowest BCUT2D eigenvalue weighted by Gasteiger charge is -2.39. The number of hydrogen-bond acceptors (Lipinski definition) is 5. The van der Waals surface area contributed by atoms with E-state index >= 15 is 0 Å². The highest BCUT2D eigenvalue weighted by atomic mass is 16.7. The van der Waals surface area contributed by atoms with Crippen LogP contribution in [0.3, 0.4) is 0 Å². The van der Waals surface area contributed by atoms with Gasteiger partial charge in [0.05, 0.1) is 13.2 Å². The fraction of sp³-hybridized carbons (Fsp3) is 0.846. The second-order valence-corrected chi connectivity index (χ2v) is 5.85. The summed E-state index contributed by atoms with van der Waals surface area (Å²) < 4.78 is 11.6. The molecule has 3 N–H and O–H groups in total. The molecule has 0 amide bonds. The standard InChI is InChI=1S/C11H21NO2.C2H2O4/c1-11(2)7-13-10(14-8-11)9-3-5-12-6-4-9;3-1(4)2(5)6/h9-10,12H,3-8H2,1-2H3;(H,3,4)(H,5,6). The maximum atomic E-state index is 9.10. The van der Waals surface area contributed by atoms with Crippen LogP contribution in [0, 0.1) is 11.3 Å². The number of piperidine rings is 1. The van der Waals surface area contributed by atoms with Crippen molar-refractivity contribution in [1.29, 1.82) is 0 Å². The summed E-state index contributed by atoms with van der Waals surface area (Å²) in [6.07, 6.45) is 2.43. The van der Waals surface area contributed by atoms with Crippen molar-refractivity contribution in [2.24, 2.45) is 11.3 Å². The van der Waals surface area contributed by atoms with Gasteiger partial charge in [-0.2, -0.15) is 0 Å². The summed E-state index contributed by atoms with van der Waals surface area (Å²) in [7, 11) is 0. The molecule has 2 fully saturated rings. The van der Waals surface area contributed by atoms with Crippen molar-refractivity contribution in [3.8, 4) is 0 Å². The Morgan fingerprint density at radius 1 is 1.05 bits per heavy atom. The molecular formula is C13H23NO6. The first kappa shape index (κ1) is 16.9. The van der Waals surface area contributed by atoms with Gasteiger partial charge in [-0.3, -0.25) is 0 Å². The number of rotatable bonds is 1. The molecule has 0 atom stereocenters. The van der Waals surface area contributed by atoms with Crippen molar-refractivity contribution in [3.63, 3.8) is 0 Å². The normalized spacial score (nSPS) is 23.5. The summed E-state index contributed by atoms with van der Waals surface area (Å²) in [4.78, 5) is 18.2. The topological polar surface area (TPSA) is 105 Å². The van der Waals surface area contributed by atoms with Gasteiger partial charge in [-0.05, 0) is 25.9 Å². The maximum Gasteiger partial charge on any atom is 0.414 e. The maximum absolute atomic E-state index is 9.10. The molecule has 0 aromatic heterocycles. The van der Waals surface area contributed by atoms with Crippen LogP contribution in [0.1, 0.15) is 26.7 Å². The molecule has 7 heteroatoms. The van der Waals surface area contributed by atoms with E-state index in [1.165, 1.54) is 12.8 Å². The molecule has 2 aliphatic rings. The molecule has 0 bridgehead atoms. The van der Waals surface area contributed by atoms with Crippen molar-refractivity contribution in [1.82, 2.24) is 5.32 Å². The Balaban J connectivity index is 0.000000286. The Morgan fingerprint density at radius 3 is 1.90 bits per heavy atom. The highest BCUT2D eigenvalue weighted by Crippen LogP contribution is 2.29. The second kappa shape index (κ2) is 7.56. The van der Waals surface area contributed by atoms with E-state index in [2.05, 4.69) is 19.2 Å². The molecule has 0 aliphatic carbocycles. The van der Waals surface area contributed by atoms with E-state index in [4.69, 9.17) is 29.3 Å². The second-order valence-electron chi connectivity index (χ2n) is 5.85. The quantitative estimate of drug-likeness (QED) is 0.605. The van der Waals surface area contributed by atoms with Gasteiger partial charge in [0.2, 0.25) is 0 Å². The first-order valence-electron chi connectivity index (χ1n) is 6.72. The summed E-state index contributed by atoms with van der Waals surface area (Å²) in [6.45, 7) is 8.26. The summed E-state index contributed by atoms with van der Waals surface area (Å²) in [5.74, 6) is -3.04. The van der Waals surface area contributed by atoms with Gasteiger partial charge in [-0.25, -0.2) is 9.59 Å². The molecule has 0 unspecified atom stereocenters. The van der Waals surface area contributed by atoms with E-state index in [9.17, 15) is 0 Å². The fourth-order valence-electron chi connectivity index (χ4n) is 2.09. The third-order valence-corrected chi connectivity index (χ3v) is 3.23. The minimum absolute atomic E-state index is 0.0603. The zero-order valence-electron chi connectivity index (χ0n) is 11.9. The third kappa shape index (κ3) is 5.85. The molecule has 20 heavy (non-hydrogen) atoms. The van der Waals surface area contributed by atoms with E-state index < -0.39 is 11.9 Å². The molecule has 0 radical (unpaired) electrons. The molecule has 0 aromatic rings. The molecule has 2 rings (SSSR count). The predicted molar refractivity (Wildman–Crippen MR) is 70.3 cm³/mol. The van der Waals surface area contributed by atoms with Crippen molar-refractivity contribution < 1.29 is 29.3 Å². The van der Waals surface area contributed by atoms with Crippen LogP contribution in [0.4, 0.5) is 0 Å². The molecule has 0 aromatic carbocycles. The Morgan fingerprint density at radius 2 is 1.50 bits per heavy atom. The largest absolute Gasteiger partial charge is 0.473 e. The number of ether oxygens (including phenoxy) is 2. The predicted octanol–water partition coefficient (Wildman–Crippen LogP) is 0.541. The first-order valence-corrected chi connectivity index (χ1v) is 6.72. The van der Waals surface area contributed by atoms with Crippen LogP contribution >= 0.6 is 0 Å². The van der Waals surface area contributed by atoms with E-state index in [-0.39, 0.29) is 11.7 Å². The average Bonchev–Trinajstić information content (AvgIpc) is 2.40. The monoisotopic (exact) mass is 289 g/mol. The van der Waals surface area contributed by atoms with Gasteiger partial charge < -0.3 is 25.0 Å². The van der Waals surface area contributed by atoms with Gasteiger partial charge in [-0.15, -0.1) is 0 Å². The van der Waals surface area contributed by atoms with Crippen LogP contribution in [0.15, 0.2) is 0 Å². The van der Waals surface area contributed by atoms with Gasteiger partial charge in [0.25, 0.3) is 0 Å². The van der Waals surface area contributed by atoms with E-state index in [1.807, 2.05) is 0 Å². The Bertz CT molecular complexity index is 316.